The van der Waals surface area contributed by atoms with Gasteiger partial charge in [0, 0.05) is 43.8 Å². The Kier molecular flexibility index (Phi) is 7.16. The number of methoxy groups -OCH3 is 1. The zero-order valence-corrected chi connectivity index (χ0v) is 18.7. The maximum Gasteiger partial charge on any atom is 0.418 e. The summed E-state index contributed by atoms with van der Waals surface area (Å²) in [6, 6.07) is 3.77. The third-order valence-electron chi connectivity index (χ3n) is 5.96. The highest BCUT2D eigenvalue weighted by molar-refractivity contribution is 5.39. The summed E-state index contributed by atoms with van der Waals surface area (Å²) in [5.41, 5.74) is -3.87. The zero-order valence-electron chi connectivity index (χ0n) is 18.7. The summed E-state index contributed by atoms with van der Waals surface area (Å²) >= 11 is 0. The summed E-state index contributed by atoms with van der Waals surface area (Å²) < 4.78 is 61.2. The van der Waals surface area contributed by atoms with Crippen LogP contribution in [0, 0.1) is 5.82 Å². The molecule has 1 fully saturated rings. The van der Waals surface area contributed by atoms with Gasteiger partial charge in [-0.2, -0.15) is 13.2 Å². The van der Waals surface area contributed by atoms with E-state index in [2.05, 4.69) is 25.7 Å². The molecule has 1 atom stereocenters. The van der Waals surface area contributed by atoms with Crippen molar-refractivity contribution >= 4 is 0 Å². The molecule has 1 aromatic rings. The molecule has 1 aliphatic heterocycles. The molecule has 1 unspecified atom stereocenters. The van der Waals surface area contributed by atoms with Gasteiger partial charge in [-0.1, -0.05) is 13.8 Å². The third kappa shape index (κ3) is 5.65. The smallest absolute Gasteiger partial charge is 0.418 e. The fourth-order valence-corrected chi connectivity index (χ4v) is 4.23. The fourth-order valence-electron chi connectivity index (χ4n) is 4.23. The van der Waals surface area contributed by atoms with Gasteiger partial charge in [0.15, 0.2) is 5.60 Å². The largest absolute Gasteiger partial charge is 0.496 e. The van der Waals surface area contributed by atoms with Crippen molar-refractivity contribution in [2.75, 3.05) is 39.8 Å². The Morgan fingerprint density at radius 3 is 2.03 bits per heavy atom. The molecule has 0 radical (unpaired) electrons. The van der Waals surface area contributed by atoms with Crippen LogP contribution in [0.2, 0.25) is 0 Å². The zero-order chi connectivity index (χ0) is 23.0. The summed E-state index contributed by atoms with van der Waals surface area (Å²) in [5, 5.41) is 10.8. The average molecular weight is 435 g/mol. The van der Waals surface area contributed by atoms with E-state index in [4.69, 9.17) is 4.74 Å². The summed E-state index contributed by atoms with van der Waals surface area (Å²) in [6.45, 7) is 11.0. The second kappa shape index (κ2) is 8.63. The maximum atomic E-state index is 14.0. The number of ether oxygens (including phenoxy) is 1. The third-order valence-corrected chi connectivity index (χ3v) is 5.96. The second-order valence-corrected chi connectivity index (χ2v) is 9.87. The first-order valence-corrected chi connectivity index (χ1v) is 10.2. The molecule has 30 heavy (non-hydrogen) atoms. The molecule has 1 saturated heterocycles. The molecule has 0 bridgehead atoms. The average Bonchev–Trinajstić information content (AvgIpc) is 2.60. The monoisotopic (exact) mass is 434 g/mol. The van der Waals surface area contributed by atoms with Gasteiger partial charge >= 0.3 is 6.18 Å². The van der Waals surface area contributed by atoms with Crippen molar-refractivity contribution in [2.24, 2.45) is 0 Å². The summed E-state index contributed by atoms with van der Waals surface area (Å²) in [7, 11) is 1.39. The van der Waals surface area contributed by atoms with Gasteiger partial charge in [0.05, 0.1) is 7.11 Å². The Balaban J connectivity index is 2.24. The van der Waals surface area contributed by atoms with Gasteiger partial charge in [0.25, 0.3) is 0 Å². The molecule has 1 aliphatic rings. The number of nitrogens with zero attached hydrogens (tertiary/aromatic N) is 2. The van der Waals surface area contributed by atoms with Crippen molar-refractivity contribution in [1.82, 2.24) is 9.80 Å². The van der Waals surface area contributed by atoms with E-state index in [1.807, 2.05) is 0 Å². The lowest BCUT2D eigenvalue weighted by Gasteiger charge is -2.45. The van der Waals surface area contributed by atoms with Crippen molar-refractivity contribution in [2.45, 2.75) is 63.8 Å². The molecule has 0 aromatic heterocycles. The number of halogens is 4. The van der Waals surface area contributed by atoms with Crippen LogP contribution in [-0.2, 0) is 5.41 Å². The van der Waals surface area contributed by atoms with E-state index in [0.29, 0.717) is 37.5 Å². The standard InChI is InChI=1S/C22H34F4N2O2/c1-19(2,3)28-11-9-27(10-12-28)15-21(29,22(24,25)26)14-20(4,5)17-13-16(23)7-8-18(17)30-6/h7-8,13,29H,9-12,14-15H2,1-6H3. The van der Waals surface area contributed by atoms with Gasteiger partial charge in [-0.05, 0) is 50.8 Å². The van der Waals surface area contributed by atoms with Gasteiger partial charge in [-0.3, -0.25) is 9.80 Å². The number of hydrogen-bond donors (Lipinski definition) is 1. The number of alkyl halides is 3. The Morgan fingerprint density at radius 2 is 1.57 bits per heavy atom. The van der Waals surface area contributed by atoms with Crippen LogP contribution in [0.5, 0.6) is 5.75 Å². The van der Waals surface area contributed by atoms with Gasteiger partial charge in [-0.25, -0.2) is 4.39 Å². The lowest BCUT2D eigenvalue weighted by molar-refractivity contribution is -0.272. The molecule has 2 rings (SSSR count). The minimum Gasteiger partial charge on any atom is -0.496 e. The molecule has 4 nitrogen and oxygen atoms in total. The minimum absolute atomic E-state index is 0.0532. The maximum absolute atomic E-state index is 14.0. The number of aliphatic hydroxyl groups is 1. The lowest BCUT2D eigenvalue weighted by atomic mass is 9.74. The summed E-state index contributed by atoms with van der Waals surface area (Å²) in [5.74, 6) is -0.266. The van der Waals surface area contributed by atoms with Crippen LogP contribution < -0.4 is 4.74 Å². The highest BCUT2D eigenvalue weighted by Crippen LogP contribution is 2.44. The van der Waals surface area contributed by atoms with E-state index >= 15 is 0 Å². The van der Waals surface area contributed by atoms with Crippen LogP contribution in [0.25, 0.3) is 0 Å². The molecule has 0 saturated carbocycles. The second-order valence-electron chi connectivity index (χ2n) is 9.87. The van der Waals surface area contributed by atoms with E-state index in [9.17, 15) is 22.7 Å². The van der Waals surface area contributed by atoms with Crippen molar-refractivity contribution in [1.29, 1.82) is 0 Å². The van der Waals surface area contributed by atoms with Crippen LogP contribution in [0.1, 0.15) is 46.6 Å². The van der Waals surface area contributed by atoms with E-state index < -0.39 is 36.0 Å². The van der Waals surface area contributed by atoms with Crippen LogP contribution in [0.3, 0.4) is 0 Å². The Bertz CT molecular complexity index is 723. The highest BCUT2D eigenvalue weighted by Gasteiger charge is 2.57. The van der Waals surface area contributed by atoms with Gasteiger partial charge in [0.2, 0.25) is 0 Å². The Labute approximate surface area is 176 Å². The first-order chi connectivity index (χ1) is 13.6. The van der Waals surface area contributed by atoms with Crippen molar-refractivity contribution in [3.8, 4) is 5.75 Å². The first-order valence-electron chi connectivity index (χ1n) is 10.2. The van der Waals surface area contributed by atoms with Gasteiger partial charge < -0.3 is 9.84 Å². The minimum atomic E-state index is -4.83. The van der Waals surface area contributed by atoms with E-state index in [1.54, 1.807) is 18.7 Å². The van der Waals surface area contributed by atoms with Crippen LogP contribution >= 0.6 is 0 Å². The van der Waals surface area contributed by atoms with Gasteiger partial charge in [0.1, 0.15) is 11.6 Å². The van der Waals surface area contributed by atoms with E-state index in [1.165, 1.54) is 25.3 Å². The number of rotatable bonds is 6. The fraction of sp³-hybridized carbons (Fsp3) is 0.727. The summed E-state index contributed by atoms with van der Waals surface area (Å²) in [4.78, 5) is 3.88. The van der Waals surface area contributed by atoms with Crippen molar-refractivity contribution in [3.05, 3.63) is 29.6 Å². The number of piperazine rings is 1. The van der Waals surface area contributed by atoms with Crippen molar-refractivity contribution < 1.29 is 27.4 Å². The van der Waals surface area contributed by atoms with Crippen LogP contribution in [0.15, 0.2) is 18.2 Å². The van der Waals surface area contributed by atoms with E-state index in [0.717, 1.165) is 0 Å². The lowest BCUT2D eigenvalue weighted by Crippen LogP contribution is -2.60. The number of hydrogen-bond acceptors (Lipinski definition) is 4. The predicted molar refractivity (Wildman–Crippen MR) is 109 cm³/mol. The highest BCUT2D eigenvalue weighted by atomic mass is 19.4. The predicted octanol–water partition coefficient (Wildman–Crippen LogP) is 4.21. The molecule has 1 N–H and O–H groups in total. The quantitative estimate of drug-likeness (QED) is 0.681. The molecular weight excluding hydrogens is 400 g/mol. The molecular formula is C22H34F4N2O2. The molecule has 0 spiro atoms. The van der Waals surface area contributed by atoms with Crippen LogP contribution in [-0.4, -0.2) is 72.1 Å². The molecule has 1 aromatic carbocycles. The number of β-amino-alcohol motifs (C(OH)–C–C–N with tert-alkyl or cyclic N) is 1. The first kappa shape index (κ1) is 24.9. The van der Waals surface area contributed by atoms with Crippen molar-refractivity contribution in [3.63, 3.8) is 0 Å². The van der Waals surface area contributed by atoms with Crippen LogP contribution in [0.4, 0.5) is 17.6 Å². The normalized spacial score (nSPS) is 19.6. The summed E-state index contributed by atoms with van der Waals surface area (Å²) in [6.07, 6.45) is -5.44. The number of benzene rings is 1. The molecule has 172 valence electrons. The Hall–Kier alpha value is -1.38. The molecule has 0 aliphatic carbocycles. The Morgan fingerprint density at radius 1 is 1.00 bits per heavy atom. The molecule has 0 amide bonds. The SMILES string of the molecule is COc1ccc(F)cc1C(C)(C)CC(O)(CN1CCN(C(C)(C)C)CC1)C(F)(F)F. The molecule has 1 heterocycles. The van der Waals surface area contributed by atoms with E-state index in [-0.39, 0.29) is 5.54 Å². The van der Waals surface area contributed by atoms with Gasteiger partial charge in [-0.15, -0.1) is 0 Å². The molecule has 8 heteroatoms. The topological polar surface area (TPSA) is 35.9 Å².